The van der Waals surface area contributed by atoms with E-state index in [0.29, 0.717) is 24.5 Å². The molecule has 17 heavy (non-hydrogen) atoms. The van der Waals surface area contributed by atoms with Gasteiger partial charge in [0.1, 0.15) is 12.0 Å². The first-order chi connectivity index (χ1) is 8.21. The molecule has 96 valence electrons. The van der Waals surface area contributed by atoms with Gasteiger partial charge in [0.2, 0.25) is 0 Å². The molecule has 0 fully saturated rings. The highest BCUT2D eigenvalue weighted by Gasteiger charge is 2.11. The van der Waals surface area contributed by atoms with E-state index in [-0.39, 0.29) is 12.6 Å². The first kappa shape index (κ1) is 13.7. The molecule has 0 radical (unpaired) electrons. The zero-order valence-corrected chi connectivity index (χ0v) is 9.93. The zero-order chi connectivity index (χ0) is 12.7. The van der Waals surface area contributed by atoms with Gasteiger partial charge in [-0.3, -0.25) is 0 Å². The van der Waals surface area contributed by atoms with E-state index in [1.807, 2.05) is 0 Å². The molecule has 0 saturated heterocycles. The molecule has 0 saturated carbocycles. The lowest BCUT2D eigenvalue weighted by Crippen LogP contribution is -2.35. The molecule has 1 aromatic heterocycles. The molecule has 0 amide bonds. The Morgan fingerprint density at radius 1 is 1.59 bits per heavy atom. The Balaban J connectivity index is 2.46. The van der Waals surface area contributed by atoms with Gasteiger partial charge in [0.05, 0.1) is 38.5 Å². The van der Waals surface area contributed by atoms with Gasteiger partial charge < -0.3 is 24.3 Å². The lowest BCUT2D eigenvalue weighted by atomic mass is 10.3. The van der Waals surface area contributed by atoms with E-state index < -0.39 is 5.97 Å². The summed E-state index contributed by atoms with van der Waals surface area (Å²) in [5, 5.41) is 12.1. The molecule has 0 aromatic carbocycles. The minimum Gasteiger partial charge on any atom is -0.467 e. The smallest absolute Gasteiger partial charge is 0.341 e. The number of furan rings is 1. The predicted octanol–water partition coefficient (Wildman–Crippen LogP) is 0.163. The average molecular weight is 243 g/mol. The normalized spacial score (nSPS) is 12.4. The number of carbonyl (C=O) groups excluding carboxylic acids is 1. The summed E-state index contributed by atoms with van der Waals surface area (Å²) in [6, 6.07) is 1.44. The molecule has 1 atom stereocenters. The second-order valence-corrected chi connectivity index (χ2v) is 3.51. The van der Waals surface area contributed by atoms with Gasteiger partial charge in [0, 0.05) is 7.11 Å². The summed E-state index contributed by atoms with van der Waals surface area (Å²) in [5.41, 5.74) is 0.372. The summed E-state index contributed by atoms with van der Waals surface area (Å²) in [5.74, 6) is 0.163. The molecule has 2 N–H and O–H groups in total. The Hall–Kier alpha value is -1.37. The topological polar surface area (TPSA) is 80.9 Å². The van der Waals surface area contributed by atoms with Crippen molar-refractivity contribution in [1.29, 1.82) is 0 Å². The van der Waals surface area contributed by atoms with Gasteiger partial charge in [-0.25, -0.2) is 4.79 Å². The van der Waals surface area contributed by atoms with Crippen LogP contribution in [0.1, 0.15) is 16.1 Å². The predicted molar refractivity (Wildman–Crippen MR) is 59.6 cm³/mol. The lowest BCUT2D eigenvalue weighted by molar-refractivity contribution is 0.0600. The number of hydrogen-bond acceptors (Lipinski definition) is 6. The molecule has 0 spiro atoms. The highest BCUT2D eigenvalue weighted by Crippen LogP contribution is 2.08. The van der Waals surface area contributed by atoms with Gasteiger partial charge in [-0.1, -0.05) is 0 Å². The van der Waals surface area contributed by atoms with Crippen molar-refractivity contribution in [3.8, 4) is 0 Å². The summed E-state index contributed by atoms with van der Waals surface area (Å²) >= 11 is 0. The fourth-order valence-corrected chi connectivity index (χ4v) is 1.32. The number of esters is 1. The van der Waals surface area contributed by atoms with E-state index in [1.165, 1.54) is 13.4 Å². The molecule has 1 unspecified atom stereocenters. The standard InChI is InChI=1S/C11H17NO5/c1-15-7-9(5-13)12-4-10-3-8(6-17-10)11(14)16-2/h3,6,9,12-13H,4-5,7H2,1-2H3. The van der Waals surface area contributed by atoms with Crippen LogP contribution in [0.5, 0.6) is 0 Å². The van der Waals surface area contributed by atoms with Crippen molar-refractivity contribution in [2.75, 3.05) is 27.4 Å². The molecule has 0 aliphatic heterocycles. The number of carbonyl (C=O) groups is 1. The van der Waals surface area contributed by atoms with E-state index in [0.717, 1.165) is 0 Å². The number of aliphatic hydroxyl groups excluding tert-OH is 1. The fourth-order valence-electron chi connectivity index (χ4n) is 1.32. The second-order valence-electron chi connectivity index (χ2n) is 3.51. The average Bonchev–Trinajstić information content (AvgIpc) is 2.82. The van der Waals surface area contributed by atoms with Gasteiger partial charge in [-0.05, 0) is 6.07 Å². The van der Waals surface area contributed by atoms with E-state index in [4.69, 9.17) is 14.3 Å². The van der Waals surface area contributed by atoms with E-state index >= 15 is 0 Å². The van der Waals surface area contributed by atoms with Crippen molar-refractivity contribution in [1.82, 2.24) is 5.32 Å². The first-order valence-electron chi connectivity index (χ1n) is 5.20. The SMILES string of the molecule is COCC(CO)NCc1cc(C(=O)OC)co1. The fraction of sp³-hybridized carbons (Fsp3) is 0.545. The number of nitrogens with one attached hydrogen (secondary N) is 1. The third kappa shape index (κ3) is 4.18. The number of rotatable bonds is 7. The van der Waals surface area contributed by atoms with Gasteiger partial charge in [0.15, 0.2) is 0 Å². The minimum absolute atomic E-state index is 0.0294. The molecule has 0 bridgehead atoms. The van der Waals surface area contributed by atoms with Gasteiger partial charge in [-0.2, -0.15) is 0 Å². The van der Waals surface area contributed by atoms with Crippen molar-refractivity contribution in [2.24, 2.45) is 0 Å². The number of methoxy groups -OCH3 is 2. The van der Waals surface area contributed by atoms with Crippen molar-refractivity contribution in [2.45, 2.75) is 12.6 Å². The molecular formula is C11H17NO5. The summed E-state index contributed by atoms with van der Waals surface area (Å²) in [7, 11) is 2.88. The maximum absolute atomic E-state index is 11.2. The molecule has 1 rings (SSSR count). The van der Waals surface area contributed by atoms with Crippen LogP contribution in [0.25, 0.3) is 0 Å². The number of aliphatic hydroxyl groups is 1. The minimum atomic E-state index is -0.435. The highest BCUT2D eigenvalue weighted by molar-refractivity contribution is 5.88. The van der Waals surface area contributed by atoms with Crippen LogP contribution in [0.15, 0.2) is 16.7 Å². The van der Waals surface area contributed by atoms with E-state index in [2.05, 4.69) is 10.1 Å². The van der Waals surface area contributed by atoms with Crippen LogP contribution >= 0.6 is 0 Å². The second kappa shape index (κ2) is 7.05. The van der Waals surface area contributed by atoms with Crippen LogP contribution < -0.4 is 5.32 Å². The van der Waals surface area contributed by atoms with Crippen molar-refractivity contribution >= 4 is 5.97 Å². The maximum Gasteiger partial charge on any atom is 0.341 e. The third-order valence-corrected chi connectivity index (χ3v) is 2.23. The summed E-state index contributed by atoms with van der Waals surface area (Å²) in [6.07, 6.45) is 1.34. The van der Waals surface area contributed by atoms with Crippen molar-refractivity contribution in [3.63, 3.8) is 0 Å². The number of ether oxygens (including phenoxy) is 2. The summed E-state index contributed by atoms with van der Waals surface area (Å²) < 4.78 is 14.6. The Labute approximate surface area is 99.5 Å². The zero-order valence-electron chi connectivity index (χ0n) is 9.93. The van der Waals surface area contributed by atoms with Gasteiger partial charge >= 0.3 is 5.97 Å². The first-order valence-corrected chi connectivity index (χ1v) is 5.20. The molecular weight excluding hydrogens is 226 g/mol. The molecule has 0 aliphatic carbocycles. The Kier molecular flexibility index (Phi) is 5.68. The van der Waals surface area contributed by atoms with Crippen LogP contribution in [0.2, 0.25) is 0 Å². The highest BCUT2D eigenvalue weighted by atomic mass is 16.5. The van der Waals surface area contributed by atoms with Crippen LogP contribution in [0.3, 0.4) is 0 Å². The Morgan fingerprint density at radius 3 is 2.94 bits per heavy atom. The maximum atomic E-state index is 11.2. The van der Waals surface area contributed by atoms with Crippen LogP contribution in [-0.2, 0) is 16.0 Å². The van der Waals surface area contributed by atoms with Gasteiger partial charge in [0.25, 0.3) is 0 Å². The lowest BCUT2D eigenvalue weighted by Gasteiger charge is -2.13. The molecule has 1 heterocycles. The van der Waals surface area contributed by atoms with Gasteiger partial charge in [-0.15, -0.1) is 0 Å². The van der Waals surface area contributed by atoms with Crippen LogP contribution in [0.4, 0.5) is 0 Å². The summed E-state index contributed by atoms with van der Waals surface area (Å²) in [4.78, 5) is 11.2. The number of hydrogen-bond donors (Lipinski definition) is 2. The molecule has 1 aromatic rings. The third-order valence-electron chi connectivity index (χ3n) is 2.23. The molecule has 6 nitrogen and oxygen atoms in total. The quantitative estimate of drug-likeness (QED) is 0.664. The largest absolute Gasteiger partial charge is 0.467 e. The Morgan fingerprint density at radius 2 is 2.35 bits per heavy atom. The molecule has 0 aliphatic rings. The van der Waals surface area contributed by atoms with Crippen LogP contribution in [-0.4, -0.2) is 44.6 Å². The van der Waals surface area contributed by atoms with Crippen molar-refractivity contribution in [3.05, 3.63) is 23.7 Å². The van der Waals surface area contributed by atoms with E-state index in [1.54, 1.807) is 13.2 Å². The van der Waals surface area contributed by atoms with E-state index in [9.17, 15) is 4.79 Å². The van der Waals surface area contributed by atoms with Crippen LogP contribution in [0, 0.1) is 0 Å². The monoisotopic (exact) mass is 243 g/mol. The van der Waals surface area contributed by atoms with Crippen molar-refractivity contribution < 1.29 is 23.8 Å². The Bertz CT molecular complexity index is 349. The summed E-state index contributed by atoms with van der Waals surface area (Å²) in [6.45, 7) is 0.783. The molecule has 6 heteroatoms.